The van der Waals surface area contributed by atoms with Gasteiger partial charge in [-0.05, 0) is 24.3 Å². The van der Waals surface area contributed by atoms with Gasteiger partial charge in [-0.3, -0.25) is 9.59 Å². The number of nitrogens with zero attached hydrogens (tertiary/aromatic N) is 1. The lowest BCUT2D eigenvalue weighted by atomic mass is 10.2. The van der Waals surface area contributed by atoms with Crippen LogP contribution in [0.1, 0.15) is 24.8 Å². The third-order valence-corrected chi connectivity index (χ3v) is 4.65. The summed E-state index contributed by atoms with van der Waals surface area (Å²) in [6.07, 6.45) is 5.37. The minimum Gasteiger partial charge on any atom is -0.491 e. The molecule has 0 unspecified atom stereocenters. The molecule has 2 rings (SSSR count). The van der Waals surface area contributed by atoms with Gasteiger partial charge in [-0.15, -0.1) is 11.5 Å². The van der Waals surface area contributed by atoms with Gasteiger partial charge in [0.25, 0.3) is 11.8 Å². The van der Waals surface area contributed by atoms with Crippen LogP contribution in [0.25, 0.3) is 0 Å². The lowest BCUT2D eigenvalue weighted by Gasteiger charge is -2.12. The number of imide groups is 1. The van der Waals surface area contributed by atoms with Crippen molar-refractivity contribution in [3.8, 4) is 18.1 Å². The number of amides is 2. The van der Waals surface area contributed by atoms with Crippen LogP contribution in [0.4, 0.5) is 0 Å². The van der Waals surface area contributed by atoms with Crippen LogP contribution < -0.4 is 4.74 Å². The molecule has 11 nitrogen and oxygen atoms in total. The van der Waals surface area contributed by atoms with Gasteiger partial charge in [0.2, 0.25) is 0 Å². The molecule has 1 heterocycles. The number of benzene rings is 1. The molecule has 0 aromatic heterocycles. The second kappa shape index (κ2) is 18.3. The number of ether oxygens (including phenoxy) is 6. The molecule has 0 aliphatic carbocycles. The summed E-state index contributed by atoms with van der Waals surface area (Å²) in [6.45, 7) is 4.29. The Balaban J connectivity index is 1.26. The molecule has 0 spiro atoms. The van der Waals surface area contributed by atoms with Crippen LogP contribution in [0, 0.1) is 12.3 Å². The SMILES string of the molecule is C#Cc1ccc(OCCOCCOCCOCCOCCOCCC(=O)ON2C(=O)CCC2=O)cc1. The third kappa shape index (κ3) is 12.6. The van der Waals surface area contributed by atoms with Crippen LogP contribution in [0.3, 0.4) is 0 Å². The molecule has 11 heteroatoms. The van der Waals surface area contributed by atoms with E-state index < -0.39 is 17.8 Å². The predicted octanol–water partition coefficient (Wildman–Crippen LogP) is 1.13. The van der Waals surface area contributed by atoms with Crippen molar-refractivity contribution >= 4 is 17.8 Å². The predicted molar refractivity (Wildman–Crippen MR) is 126 cm³/mol. The Morgan fingerprint density at radius 3 is 1.64 bits per heavy atom. The number of hydrogen-bond acceptors (Lipinski definition) is 10. The van der Waals surface area contributed by atoms with Crippen LogP contribution in [-0.2, 0) is 42.9 Å². The van der Waals surface area contributed by atoms with Crippen LogP contribution in [0.2, 0.25) is 0 Å². The van der Waals surface area contributed by atoms with Gasteiger partial charge in [-0.2, -0.15) is 0 Å². The van der Waals surface area contributed by atoms with Crippen LogP contribution >= 0.6 is 0 Å². The van der Waals surface area contributed by atoms with Gasteiger partial charge in [0.15, 0.2) is 0 Å². The number of carbonyl (C=O) groups is 3. The van der Waals surface area contributed by atoms with Gasteiger partial charge in [-0.1, -0.05) is 5.92 Å². The van der Waals surface area contributed by atoms with Crippen molar-refractivity contribution in [2.24, 2.45) is 0 Å². The van der Waals surface area contributed by atoms with Gasteiger partial charge in [0.05, 0.1) is 72.5 Å². The molecule has 0 saturated carbocycles. The molecule has 1 aliphatic heterocycles. The van der Waals surface area contributed by atoms with Crippen LogP contribution in [-0.4, -0.2) is 95.5 Å². The fourth-order valence-electron chi connectivity index (χ4n) is 2.81. The standard InChI is InChI=1S/C25H33NO10/c1-2-21-3-5-22(6-4-21)35-20-19-34-18-17-33-16-15-32-14-13-31-12-11-30-10-9-25(29)36-26-23(27)7-8-24(26)28/h1,3-6H,7-20H2. The summed E-state index contributed by atoms with van der Waals surface area (Å²) in [7, 11) is 0. The summed E-state index contributed by atoms with van der Waals surface area (Å²) >= 11 is 0. The molecule has 0 atom stereocenters. The van der Waals surface area contributed by atoms with E-state index in [9.17, 15) is 14.4 Å². The molecule has 1 fully saturated rings. The number of carbonyl (C=O) groups excluding carboxylic acids is 3. The summed E-state index contributed by atoms with van der Waals surface area (Å²) < 4.78 is 32.4. The molecule has 1 aromatic rings. The highest BCUT2D eigenvalue weighted by Gasteiger charge is 2.32. The Morgan fingerprint density at radius 2 is 1.17 bits per heavy atom. The zero-order valence-corrected chi connectivity index (χ0v) is 20.3. The van der Waals surface area contributed by atoms with Gasteiger partial charge in [0, 0.05) is 18.4 Å². The number of rotatable bonds is 20. The van der Waals surface area contributed by atoms with Crippen molar-refractivity contribution in [1.29, 1.82) is 0 Å². The maximum Gasteiger partial charge on any atom is 0.335 e. The minimum atomic E-state index is -0.695. The maximum atomic E-state index is 11.6. The van der Waals surface area contributed by atoms with E-state index in [2.05, 4.69) is 5.92 Å². The van der Waals surface area contributed by atoms with Crippen molar-refractivity contribution in [1.82, 2.24) is 5.06 Å². The molecule has 0 bridgehead atoms. The second-order valence-electron chi connectivity index (χ2n) is 7.37. The van der Waals surface area contributed by atoms with Gasteiger partial charge in [-0.25, -0.2) is 4.79 Å². The second-order valence-corrected chi connectivity index (χ2v) is 7.37. The average molecular weight is 508 g/mol. The number of hydroxylamine groups is 2. The highest BCUT2D eigenvalue weighted by molar-refractivity contribution is 6.01. The fraction of sp³-hybridized carbons (Fsp3) is 0.560. The molecule has 198 valence electrons. The van der Waals surface area contributed by atoms with Crippen molar-refractivity contribution < 1.29 is 47.6 Å². The molecule has 36 heavy (non-hydrogen) atoms. The molecule has 2 amide bonds. The molecule has 1 aromatic carbocycles. The molecule has 0 radical (unpaired) electrons. The Kier molecular flexibility index (Phi) is 14.8. The molecular weight excluding hydrogens is 474 g/mol. The average Bonchev–Trinajstić information content (AvgIpc) is 3.20. The van der Waals surface area contributed by atoms with E-state index >= 15 is 0 Å². The Bertz CT molecular complexity index is 820. The first kappa shape index (κ1) is 29.2. The first-order chi connectivity index (χ1) is 17.6. The van der Waals surface area contributed by atoms with E-state index in [-0.39, 0.29) is 25.9 Å². The van der Waals surface area contributed by atoms with E-state index in [1.54, 1.807) is 0 Å². The van der Waals surface area contributed by atoms with E-state index in [1.165, 1.54) is 0 Å². The monoisotopic (exact) mass is 507 g/mol. The number of terminal acetylenes is 1. The van der Waals surface area contributed by atoms with Crippen molar-refractivity contribution in [3.05, 3.63) is 29.8 Å². The van der Waals surface area contributed by atoms with Crippen molar-refractivity contribution in [2.45, 2.75) is 19.3 Å². The van der Waals surface area contributed by atoms with Crippen molar-refractivity contribution in [2.75, 3.05) is 72.7 Å². The van der Waals surface area contributed by atoms with Crippen LogP contribution in [0.15, 0.2) is 24.3 Å². The van der Waals surface area contributed by atoms with Crippen molar-refractivity contribution in [3.63, 3.8) is 0 Å². The quantitative estimate of drug-likeness (QED) is 0.144. The Labute approximate surface area is 210 Å². The molecular formula is C25H33NO10. The van der Waals surface area contributed by atoms with Gasteiger partial charge >= 0.3 is 5.97 Å². The smallest absolute Gasteiger partial charge is 0.335 e. The van der Waals surface area contributed by atoms with Gasteiger partial charge < -0.3 is 33.3 Å². The summed E-state index contributed by atoms with van der Waals surface area (Å²) in [6, 6.07) is 7.30. The fourth-order valence-corrected chi connectivity index (χ4v) is 2.81. The molecule has 1 aliphatic rings. The zero-order valence-electron chi connectivity index (χ0n) is 20.3. The van der Waals surface area contributed by atoms with E-state index in [0.29, 0.717) is 71.1 Å². The van der Waals surface area contributed by atoms with E-state index in [0.717, 1.165) is 11.3 Å². The van der Waals surface area contributed by atoms with Crippen LogP contribution in [0.5, 0.6) is 5.75 Å². The minimum absolute atomic E-state index is 0.0634. The number of hydrogen-bond donors (Lipinski definition) is 0. The lowest BCUT2D eigenvalue weighted by Crippen LogP contribution is -2.32. The highest BCUT2D eigenvalue weighted by atomic mass is 16.7. The summed E-state index contributed by atoms with van der Waals surface area (Å²) in [4.78, 5) is 39.0. The van der Waals surface area contributed by atoms with E-state index in [1.807, 2.05) is 24.3 Å². The summed E-state index contributed by atoms with van der Waals surface area (Å²) in [5.74, 6) is 1.59. The Morgan fingerprint density at radius 1 is 0.722 bits per heavy atom. The highest BCUT2D eigenvalue weighted by Crippen LogP contribution is 2.13. The molecule has 0 N–H and O–H groups in total. The maximum absolute atomic E-state index is 11.6. The van der Waals surface area contributed by atoms with Gasteiger partial charge in [0.1, 0.15) is 12.4 Å². The third-order valence-electron chi connectivity index (χ3n) is 4.65. The largest absolute Gasteiger partial charge is 0.491 e. The first-order valence-corrected chi connectivity index (χ1v) is 11.7. The van der Waals surface area contributed by atoms with E-state index in [4.69, 9.17) is 39.7 Å². The summed E-state index contributed by atoms with van der Waals surface area (Å²) in [5, 5.41) is 0.519. The zero-order chi connectivity index (χ0) is 25.8. The lowest BCUT2D eigenvalue weighted by molar-refractivity contribution is -0.198. The Hall–Kier alpha value is -3.01. The topological polar surface area (TPSA) is 119 Å². The first-order valence-electron chi connectivity index (χ1n) is 11.7. The molecule has 1 saturated heterocycles. The summed E-state index contributed by atoms with van der Waals surface area (Å²) in [5.41, 5.74) is 0.811. The normalized spacial score (nSPS) is 13.1.